The summed E-state index contributed by atoms with van der Waals surface area (Å²) in [5, 5.41) is 0. The van der Waals surface area contributed by atoms with Gasteiger partial charge in [-0.25, -0.2) is 0 Å². The van der Waals surface area contributed by atoms with Crippen LogP contribution in [-0.4, -0.2) is 18.0 Å². The van der Waals surface area contributed by atoms with Crippen molar-refractivity contribution in [2.24, 2.45) is 0 Å². The molecule has 0 unspecified atom stereocenters. The molecule has 0 N–H and O–H groups in total. The molecule has 62 valence electrons. The Labute approximate surface area is 69.1 Å². The van der Waals surface area contributed by atoms with Crippen LogP contribution < -0.4 is 0 Å². The first-order valence-corrected chi connectivity index (χ1v) is 4.91. The van der Waals surface area contributed by atoms with E-state index in [9.17, 15) is 0 Å². The molecule has 0 aromatic heterocycles. The molecule has 1 fully saturated rings. The van der Waals surface area contributed by atoms with Gasteiger partial charge in [0.1, 0.15) is 0 Å². The monoisotopic (exact) mass is 151 g/mol. The molecule has 1 heteroatoms. The highest BCUT2D eigenvalue weighted by Crippen LogP contribution is 2.23. The zero-order chi connectivity index (χ0) is 7.52. The van der Waals surface area contributed by atoms with Crippen LogP contribution in [0.25, 0.3) is 0 Å². The first-order valence-electron chi connectivity index (χ1n) is 4.91. The smallest absolute Gasteiger partial charge is 0.0177 e. The molecule has 0 bridgehead atoms. The SMILES string of the molecule is C1=C2CCCCCN2CCC1. The van der Waals surface area contributed by atoms with E-state index in [4.69, 9.17) is 0 Å². The molecule has 2 rings (SSSR count). The molecule has 1 saturated heterocycles. The van der Waals surface area contributed by atoms with Crippen molar-refractivity contribution in [1.82, 2.24) is 4.90 Å². The fourth-order valence-electron chi connectivity index (χ4n) is 2.12. The van der Waals surface area contributed by atoms with Gasteiger partial charge in [-0.1, -0.05) is 12.5 Å². The van der Waals surface area contributed by atoms with Crippen LogP contribution in [0.3, 0.4) is 0 Å². The van der Waals surface area contributed by atoms with Crippen LogP contribution in [0.4, 0.5) is 0 Å². The van der Waals surface area contributed by atoms with Gasteiger partial charge < -0.3 is 4.90 Å². The number of fused-ring (bicyclic) bond motifs is 1. The Balaban J connectivity index is 2.07. The number of allylic oxidation sites excluding steroid dienone is 2. The maximum absolute atomic E-state index is 2.59. The van der Waals surface area contributed by atoms with Gasteiger partial charge in [-0.3, -0.25) is 0 Å². The number of nitrogens with zero attached hydrogens (tertiary/aromatic N) is 1. The van der Waals surface area contributed by atoms with Gasteiger partial charge in [0.25, 0.3) is 0 Å². The van der Waals surface area contributed by atoms with E-state index in [1.54, 1.807) is 5.70 Å². The first kappa shape index (κ1) is 7.20. The zero-order valence-electron chi connectivity index (χ0n) is 7.18. The standard InChI is InChI=1S/C10H17N/c1-2-6-10-7-3-5-9-11(10)8-4-1/h7H,1-6,8-9H2. The predicted octanol–water partition coefficient (Wildman–Crippen LogP) is 2.54. The average molecular weight is 151 g/mol. The van der Waals surface area contributed by atoms with E-state index in [2.05, 4.69) is 11.0 Å². The van der Waals surface area contributed by atoms with Gasteiger partial charge in [-0.15, -0.1) is 0 Å². The van der Waals surface area contributed by atoms with Gasteiger partial charge in [0.15, 0.2) is 0 Å². The Morgan fingerprint density at radius 2 is 1.91 bits per heavy atom. The topological polar surface area (TPSA) is 3.24 Å². The van der Waals surface area contributed by atoms with Crippen LogP contribution in [0, 0.1) is 0 Å². The van der Waals surface area contributed by atoms with Gasteiger partial charge >= 0.3 is 0 Å². The third kappa shape index (κ3) is 1.58. The summed E-state index contributed by atoms with van der Waals surface area (Å²) in [7, 11) is 0. The lowest BCUT2D eigenvalue weighted by atomic mass is 10.1. The Bertz CT molecular complexity index is 160. The Kier molecular flexibility index (Phi) is 2.16. The fourth-order valence-corrected chi connectivity index (χ4v) is 2.12. The lowest BCUT2D eigenvalue weighted by Crippen LogP contribution is -2.26. The molecular weight excluding hydrogens is 134 g/mol. The highest BCUT2D eigenvalue weighted by Gasteiger charge is 2.14. The summed E-state index contributed by atoms with van der Waals surface area (Å²) in [6, 6.07) is 0. The quantitative estimate of drug-likeness (QED) is 0.514. The molecule has 0 aromatic rings. The Morgan fingerprint density at radius 3 is 2.91 bits per heavy atom. The summed E-state index contributed by atoms with van der Waals surface area (Å²) in [6.07, 6.45) is 10.8. The third-order valence-electron chi connectivity index (χ3n) is 2.78. The summed E-state index contributed by atoms with van der Waals surface area (Å²) < 4.78 is 0. The van der Waals surface area contributed by atoms with E-state index in [1.807, 2.05) is 0 Å². The normalized spacial score (nSPS) is 25.5. The number of hydrogen-bond acceptors (Lipinski definition) is 1. The summed E-state index contributed by atoms with van der Waals surface area (Å²) in [5.74, 6) is 0. The van der Waals surface area contributed by atoms with E-state index in [1.165, 1.54) is 51.6 Å². The molecule has 0 atom stereocenters. The molecular formula is C10H17N. The second kappa shape index (κ2) is 3.29. The van der Waals surface area contributed by atoms with Gasteiger partial charge in [0.05, 0.1) is 0 Å². The Hall–Kier alpha value is -0.460. The summed E-state index contributed by atoms with van der Waals surface area (Å²) >= 11 is 0. The molecule has 2 aliphatic heterocycles. The van der Waals surface area contributed by atoms with Crippen molar-refractivity contribution in [2.45, 2.75) is 38.5 Å². The van der Waals surface area contributed by atoms with Crippen LogP contribution in [0.1, 0.15) is 38.5 Å². The van der Waals surface area contributed by atoms with Crippen LogP contribution >= 0.6 is 0 Å². The molecule has 0 saturated carbocycles. The summed E-state index contributed by atoms with van der Waals surface area (Å²) in [4.78, 5) is 2.59. The molecule has 0 radical (unpaired) electrons. The minimum atomic E-state index is 1.33. The Morgan fingerprint density at radius 1 is 1.00 bits per heavy atom. The molecule has 0 aromatic carbocycles. The lowest BCUT2D eigenvalue weighted by Gasteiger charge is -2.28. The van der Waals surface area contributed by atoms with E-state index in [0.717, 1.165) is 0 Å². The largest absolute Gasteiger partial charge is 0.375 e. The highest BCUT2D eigenvalue weighted by atomic mass is 15.1. The second-order valence-corrected chi connectivity index (χ2v) is 3.64. The lowest BCUT2D eigenvalue weighted by molar-refractivity contribution is 0.323. The molecule has 2 heterocycles. The van der Waals surface area contributed by atoms with E-state index in [-0.39, 0.29) is 0 Å². The van der Waals surface area contributed by atoms with Crippen LogP contribution in [0.5, 0.6) is 0 Å². The van der Waals surface area contributed by atoms with Gasteiger partial charge in [0.2, 0.25) is 0 Å². The van der Waals surface area contributed by atoms with E-state index in [0.29, 0.717) is 0 Å². The fraction of sp³-hybridized carbons (Fsp3) is 0.800. The van der Waals surface area contributed by atoms with E-state index >= 15 is 0 Å². The second-order valence-electron chi connectivity index (χ2n) is 3.64. The van der Waals surface area contributed by atoms with Crippen molar-refractivity contribution in [3.63, 3.8) is 0 Å². The van der Waals surface area contributed by atoms with Crippen LogP contribution in [0.15, 0.2) is 11.8 Å². The third-order valence-corrected chi connectivity index (χ3v) is 2.78. The first-order chi connectivity index (χ1) is 5.47. The highest BCUT2D eigenvalue weighted by molar-refractivity contribution is 5.05. The minimum absolute atomic E-state index is 1.33. The zero-order valence-corrected chi connectivity index (χ0v) is 7.18. The number of hydrogen-bond donors (Lipinski definition) is 0. The number of rotatable bonds is 0. The van der Waals surface area contributed by atoms with Gasteiger partial charge in [0, 0.05) is 18.8 Å². The van der Waals surface area contributed by atoms with E-state index < -0.39 is 0 Å². The molecule has 0 amide bonds. The van der Waals surface area contributed by atoms with Crippen molar-refractivity contribution >= 4 is 0 Å². The molecule has 11 heavy (non-hydrogen) atoms. The summed E-state index contributed by atoms with van der Waals surface area (Å²) in [6.45, 7) is 2.65. The van der Waals surface area contributed by atoms with Gasteiger partial charge in [-0.2, -0.15) is 0 Å². The summed E-state index contributed by atoms with van der Waals surface area (Å²) in [5.41, 5.74) is 1.65. The molecule has 0 aliphatic carbocycles. The van der Waals surface area contributed by atoms with Crippen LogP contribution in [-0.2, 0) is 0 Å². The van der Waals surface area contributed by atoms with Crippen molar-refractivity contribution in [2.75, 3.05) is 13.1 Å². The van der Waals surface area contributed by atoms with Crippen LogP contribution in [0.2, 0.25) is 0 Å². The van der Waals surface area contributed by atoms with Crippen molar-refractivity contribution in [3.05, 3.63) is 11.8 Å². The maximum Gasteiger partial charge on any atom is 0.0177 e. The maximum atomic E-state index is 2.59. The van der Waals surface area contributed by atoms with Crippen molar-refractivity contribution < 1.29 is 0 Å². The molecule has 1 nitrogen and oxygen atoms in total. The van der Waals surface area contributed by atoms with Crippen molar-refractivity contribution in [3.8, 4) is 0 Å². The predicted molar refractivity (Wildman–Crippen MR) is 47.4 cm³/mol. The molecule has 2 aliphatic rings. The average Bonchev–Trinajstić information content (AvgIpc) is 2.28. The molecule has 0 spiro atoms. The van der Waals surface area contributed by atoms with Gasteiger partial charge in [-0.05, 0) is 32.1 Å². The minimum Gasteiger partial charge on any atom is -0.375 e. The van der Waals surface area contributed by atoms with Crippen molar-refractivity contribution in [1.29, 1.82) is 0 Å².